The van der Waals surface area contributed by atoms with E-state index in [-0.39, 0.29) is 23.8 Å². The zero-order valence-corrected chi connectivity index (χ0v) is 24.4. The van der Waals surface area contributed by atoms with Gasteiger partial charge in [0, 0.05) is 12.2 Å². The Balaban J connectivity index is 1.67. The van der Waals surface area contributed by atoms with E-state index in [1.54, 1.807) is 85.8 Å². The molecule has 1 aromatic heterocycles. The summed E-state index contributed by atoms with van der Waals surface area (Å²) in [5.74, 6) is 0.386. The SMILES string of the molecule is COc1ccccc1-n1c(C(C)N(Cc2ccccc2)C(=O)Nc2cc(C(F)(F)F)cc(C(F)(F)F)c2)nc2ccccc2c1=O. The highest BCUT2D eigenvalue weighted by atomic mass is 19.4. The van der Waals surface area contributed by atoms with E-state index in [4.69, 9.17) is 9.72 Å². The molecule has 2 amide bonds. The molecule has 0 spiro atoms. The number of ether oxygens (including phenoxy) is 1. The molecule has 1 atom stereocenters. The maximum atomic E-state index is 14.0. The number of fused-ring (bicyclic) bond motifs is 1. The predicted molar refractivity (Wildman–Crippen MR) is 160 cm³/mol. The number of aromatic nitrogens is 2. The summed E-state index contributed by atoms with van der Waals surface area (Å²) in [5.41, 5.74) is -3.15. The van der Waals surface area contributed by atoms with Crippen molar-refractivity contribution in [3.63, 3.8) is 0 Å². The predicted octanol–water partition coefficient (Wildman–Crippen LogP) is 8.23. The normalized spacial score (nSPS) is 12.5. The smallest absolute Gasteiger partial charge is 0.416 e. The first-order chi connectivity index (χ1) is 21.8. The van der Waals surface area contributed by atoms with Crippen LogP contribution in [0.4, 0.5) is 36.8 Å². The highest BCUT2D eigenvalue weighted by Crippen LogP contribution is 2.38. The molecular weight excluding hydrogens is 614 g/mol. The van der Waals surface area contributed by atoms with Crippen LogP contribution in [-0.4, -0.2) is 27.6 Å². The number of hydrogen-bond acceptors (Lipinski definition) is 4. The lowest BCUT2D eigenvalue weighted by Gasteiger charge is -2.31. The topological polar surface area (TPSA) is 76.5 Å². The van der Waals surface area contributed by atoms with Gasteiger partial charge in [0.25, 0.3) is 5.56 Å². The number of carbonyl (C=O) groups is 1. The summed E-state index contributed by atoms with van der Waals surface area (Å²) in [6.45, 7) is 1.41. The molecule has 0 aliphatic carbocycles. The highest BCUT2D eigenvalue weighted by molar-refractivity contribution is 5.90. The Hall–Kier alpha value is -5.33. The van der Waals surface area contributed by atoms with E-state index in [1.165, 1.54) is 16.6 Å². The number of alkyl halides is 6. The van der Waals surface area contributed by atoms with Crippen LogP contribution in [0.15, 0.2) is 102 Å². The van der Waals surface area contributed by atoms with Crippen LogP contribution in [0, 0.1) is 0 Å². The maximum Gasteiger partial charge on any atom is 0.416 e. The molecule has 0 saturated heterocycles. The quantitative estimate of drug-likeness (QED) is 0.182. The highest BCUT2D eigenvalue weighted by Gasteiger charge is 2.37. The number of hydrogen-bond donors (Lipinski definition) is 1. The molecule has 5 aromatic rings. The summed E-state index contributed by atoms with van der Waals surface area (Å²) in [5, 5.41) is 2.49. The molecule has 1 N–H and O–H groups in total. The van der Waals surface area contributed by atoms with Gasteiger partial charge >= 0.3 is 18.4 Å². The Kier molecular flexibility index (Phi) is 8.77. The van der Waals surface area contributed by atoms with Crippen LogP contribution in [0.1, 0.15) is 35.5 Å². The van der Waals surface area contributed by atoms with Crippen molar-refractivity contribution in [1.29, 1.82) is 0 Å². The second kappa shape index (κ2) is 12.6. The van der Waals surface area contributed by atoms with Gasteiger partial charge in [-0.1, -0.05) is 54.6 Å². The Morgan fingerprint density at radius 1 is 0.870 bits per heavy atom. The first-order valence-electron chi connectivity index (χ1n) is 13.8. The number of anilines is 1. The minimum atomic E-state index is -5.11. The Bertz CT molecular complexity index is 1910. The Morgan fingerprint density at radius 3 is 2.09 bits per heavy atom. The van der Waals surface area contributed by atoms with E-state index >= 15 is 0 Å². The van der Waals surface area contributed by atoms with Crippen LogP contribution in [0.2, 0.25) is 0 Å². The first kappa shape index (κ1) is 32.1. The fourth-order valence-electron chi connectivity index (χ4n) is 5.00. The van der Waals surface area contributed by atoms with Crippen molar-refractivity contribution in [2.24, 2.45) is 0 Å². The third-order valence-corrected chi connectivity index (χ3v) is 7.26. The standard InChI is InChI=1S/C33H26F6N4O3/c1-20(29-41-26-13-7-6-12-25(26)30(44)43(29)27-14-8-9-15-28(27)46-2)42(19-21-10-4-3-5-11-21)31(45)40-24-17-22(32(34,35)36)16-23(18-24)33(37,38)39/h3-18,20H,19H2,1-2H3,(H,40,45). The van der Waals surface area contributed by atoms with Gasteiger partial charge in [-0.25, -0.2) is 9.78 Å². The molecule has 238 valence electrons. The molecule has 0 aliphatic heterocycles. The molecule has 46 heavy (non-hydrogen) atoms. The summed E-state index contributed by atoms with van der Waals surface area (Å²) in [6.07, 6.45) is -10.2. The van der Waals surface area contributed by atoms with Crippen molar-refractivity contribution in [1.82, 2.24) is 14.5 Å². The summed E-state index contributed by atoms with van der Waals surface area (Å²) in [7, 11) is 1.42. The maximum absolute atomic E-state index is 14.0. The summed E-state index contributed by atoms with van der Waals surface area (Å²) >= 11 is 0. The summed E-state index contributed by atoms with van der Waals surface area (Å²) in [6, 6.07) is 20.5. The van der Waals surface area contributed by atoms with Gasteiger partial charge in [-0.05, 0) is 55.0 Å². The second-order valence-corrected chi connectivity index (χ2v) is 10.3. The van der Waals surface area contributed by atoms with Crippen LogP contribution in [0.3, 0.4) is 0 Å². The lowest BCUT2D eigenvalue weighted by atomic mass is 10.1. The number of methoxy groups -OCH3 is 1. The van der Waals surface area contributed by atoms with Gasteiger partial charge in [0.05, 0.1) is 40.9 Å². The molecule has 4 aromatic carbocycles. The average Bonchev–Trinajstić information content (AvgIpc) is 3.02. The number of urea groups is 1. The van der Waals surface area contributed by atoms with Gasteiger partial charge in [0.15, 0.2) is 0 Å². The second-order valence-electron chi connectivity index (χ2n) is 10.3. The van der Waals surface area contributed by atoms with E-state index < -0.39 is 46.8 Å². The molecule has 7 nitrogen and oxygen atoms in total. The molecule has 0 fully saturated rings. The minimum absolute atomic E-state index is 0.0229. The third-order valence-electron chi connectivity index (χ3n) is 7.26. The molecule has 1 unspecified atom stereocenters. The number of nitrogens with zero attached hydrogens (tertiary/aromatic N) is 3. The van der Waals surface area contributed by atoms with Gasteiger partial charge in [-0.3, -0.25) is 9.36 Å². The largest absolute Gasteiger partial charge is 0.495 e. The molecule has 5 rings (SSSR count). The fraction of sp³-hybridized carbons (Fsp3) is 0.182. The van der Waals surface area contributed by atoms with Crippen molar-refractivity contribution in [2.75, 3.05) is 12.4 Å². The number of rotatable bonds is 7. The number of halogens is 6. The summed E-state index contributed by atoms with van der Waals surface area (Å²) < 4.78 is 88.1. The first-order valence-corrected chi connectivity index (χ1v) is 13.8. The zero-order chi connectivity index (χ0) is 33.2. The third kappa shape index (κ3) is 6.67. The molecule has 0 saturated carbocycles. The van der Waals surface area contributed by atoms with Gasteiger partial charge in [0.2, 0.25) is 0 Å². The van der Waals surface area contributed by atoms with Crippen molar-refractivity contribution >= 4 is 22.6 Å². The molecule has 0 aliphatic rings. The fourth-order valence-corrected chi connectivity index (χ4v) is 5.00. The number of para-hydroxylation sites is 3. The number of amides is 2. The lowest BCUT2D eigenvalue weighted by molar-refractivity contribution is -0.143. The zero-order valence-electron chi connectivity index (χ0n) is 24.4. The molecule has 0 radical (unpaired) electrons. The molecule has 13 heteroatoms. The molecule has 0 bridgehead atoms. The van der Waals surface area contributed by atoms with E-state index in [2.05, 4.69) is 5.32 Å². The van der Waals surface area contributed by atoms with Gasteiger partial charge in [0.1, 0.15) is 11.6 Å². The van der Waals surface area contributed by atoms with Crippen LogP contribution >= 0.6 is 0 Å². The molecule has 1 heterocycles. The number of carbonyl (C=O) groups excluding carboxylic acids is 1. The van der Waals surface area contributed by atoms with Crippen LogP contribution in [0.25, 0.3) is 16.6 Å². The minimum Gasteiger partial charge on any atom is -0.495 e. The van der Waals surface area contributed by atoms with Crippen molar-refractivity contribution in [3.05, 3.63) is 130 Å². The Labute approximate surface area is 258 Å². The van der Waals surface area contributed by atoms with Crippen LogP contribution < -0.4 is 15.6 Å². The summed E-state index contributed by atoms with van der Waals surface area (Å²) in [4.78, 5) is 33.7. The van der Waals surface area contributed by atoms with Crippen molar-refractivity contribution < 1.29 is 35.9 Å². The van der Waals surface area contributed by atoms with E-state index in [0.29, 0.717) is 34.6 Å². The Morgan fingerprint density at radius 2 is 1.46 bits per heavy atom. The van der Waals surface area contributed by atoms with Crippen molar-refractivity contribution in [2.45, 2.75) is 31.9 Å². The molecular formula is C33H26F6N4O3. The monoisotopic (exact) mass is 640 g/mol. The van der Waals surface area contributed by atoms with E-state index in [1.807, 2.05) is 0 Å². The lowest BCUT2D eigenvalue weighted by Crippen LogP contribution is -2.39. The number of nitrogens with one attached hydrogen (secondary N) is 1. The average molecular weight is 641 g/mol. The number of benzene rings is 4. The van der Waals surface area contributed by atoms with Crippen molar-refractivity contribution in [3.8, 4) is 11.4 Å². The van der Waals surface area contributed by atoms with E-state index in [9.17, 15) is 35.9 Å². The van der Waals surface area contributed by atoms with Gasteiger partial charge in [-0.2, -0.15) is 26.3 Å². The van der Waals surface area contributed by atoms with Crippen LogP contribution in [-0.2, 0) is 18.9 Å². The van der Waals surface area contributed by atoms with Gasteiger partial charge < -0.3 is 15.0 Å². The van der Waals surface area contributed by atoms with Gasteiger partial charge in [-0.15, -0.1) is 0 Å². The van der Waals surface area contributed by atoms with E-state index in [0.717, 1.165) is 0 Å². The van der Waals surface area contributed by atoms with Crippen LogP contribution in [0.5, 0.6) is 5.75 Å².